The number of hydrogen-bond donors (Lipinski definition) is 1. The van der Waals surface area contributed by atoms with Gasteiger partial charge in [-0.2, -0.15) is 0 Å². The third kappa shape index (κ3) is 2.73. The Kier molecular flexibility index (Phi) is 3.79. The molecule has 2 aromatic carbocycles. The molecule has 1 aromatic heterocycles. The smallest absolute Gasteiger partial charge is 0.204 e. The lowest BCUT2D eigenvalue weighted by molar-refractivity contribution is 0.741. The molecule has 3 rings (SSSR count). The molecule has 0 saturated heterocycles. The summed E-state index contributed by atoms with van der Waals surface area (Å²) in [5, 5.41) is 11.7. The van der Waals surface area contributed by atoms with Gasteiger partial charge in [0.2, 0.25) is 5.82 Å². The van der Waals surface area contributed by atoms with Crippen LogP contribution < -0.4 is 5.43 Å². The highest BCUT2D eigenvalue weighted by molar-refractivity contribution is 9.11. The minimum atomic E-state index is 0.653. The molecule has 20 heavy (non-hydrogen) atoms. The number of nitrogens with zero attached hydrogens (tertiary/aromatic N) is 4. The van der Waals surface area contributed by atoms with Gasteiger partial charge in [-0.25, -0.2) is 0 Å². The Bertz CT molecular complexity index is 727. The van der Waals surface area contributed by atoms with E-state index >= 15 is 0 Å². The summed E-state index contributed by atoms with van der Waals surface area (Å²) < 4.78 is 1.91. The van der Waals surface area contributed by atoms with E-state index in [1.165, 1.54) is 0 Å². The van der Waals surface area contributed by atoms with Crippen molar-refractivity contribution in [3.8, 4) is 11.4 Å². The summed E-state index contributed by atoms with van der Waals surface area (Å²) in [6.45, 7) is 0. The molecule has 1 N–H and O–H groups in total. The summed E-state index contributed by atoms with van der Waals surface area (Å²) in [5.74, 6) is 0.653. The zero-order valence-electron chi connectivity index (χ0n) is 10.2. The molecule has 1 heterocycles. The first-order valence-electron chi connectivity index (χ1n) is 5.80. The van der Waals surface area contributed by atoms with Gasteiger partial charge in [-0.1, -0.05) is 46.3 Å². The van der Waals surface area contributed by atoms with E-state index in [1.54, 1.807) is 4.79 Å². The second kappa shape index (κ2) is 5.72. The highest BCUT2D eigenvalue weighted by Gasteiger charge is 2.09. The van der Waals surface area contributed by atoms with E-state index in [9.17, 15) is 0 Å². The van der Waals surface area contributed by atoms with Crippen LogP contribution in [0.3, 0.4) is 0 Å². The monoisotopic (exact) mass is 393 g/mol. The summed E-state index contributed by atoms with van der Waals surface area (Å²) in [5.41, 5.74) is 4.98. The molecule has 0 radical (unpaired) electrons. The van der Waals surface area contributed by atoms with Gasteiger partial charge in [0.25, 0.3) is 0 Å². The van der Waals surface area contributed by atoms with E-state index in [-0.39, 0.29) is 0 Å². The second-order valence-electron chi connectivity index (χ2n) is 4.02. The standard InChI is InChI=1S/C13H9Br2N5/c14-10-6-7-12(11(15)8-10)17-20-13(16-18-19-20)9-4-2-1-3-5-9/h1-8,17H. The van der Waals surface area contributed by atoms with Crippen molar-refractivity contribution in [1.82, 2.24) is 20.3 Å². The normalized spacial score (nSPS) is 10.5. The van der Waals surface area contributed by atoms with Gasteiger partial charge in [0.05, 0.1) is 5.69 Å². The van der Waals surface area contributed by atoms with E-state index in [2.05, 4.69) is 52.8 Å². The molecule has 5 nitrogen and oxygen atoms in total. The van der Waals surface area contributed by atoms with Crippen LogP contribution in [0.4, 0.5) is 5.69 Å². The molecule has 0 aliphatic heterocycles. The number of nitrogens with one attached hydrogen (secondary N) is 1. The lowest BCUT2D eigenvalue weighted by atomic mass is 10.2. The van der Waals surface area contributed by atoms with E-state index < -0.39 is 0 Å². The van der Waals surface area contributed by atoms with Crippen LogP contribution >= 0.6 is 31.9 Å². The van der Waals surface area contributed by atoms with Crippen molar-refractivity contribution in [1.29, 1.82) is 0 Å². The number of hydrogen-bond acceptors (Lipinski definition) is 4. The molecule has 0 bridgehead atoms. The van der Waals surface area contributed by atoms with Gasteiger partial charge < -0.3 is 0 Å². The molecule has 0 amide bonds. The minimum absolute atomic E-state index is 0.653. The fourth-order valence-electron chi connectivity index (χ4n) is 1.72. The van der Waals surface area contributed by atoms with Gasteiger partial charge in [-0.3, -0.25) is 5.43 Å². The second-order valence-corrected chi connectivity index (χ2v) is 5.79. The van der Waals surface area contributed by atoms with Crippen molar-refractivity contribution in [2.24, 2.45) is 0 Å². The van der Waals surface area contributed by atoms with Crippen LogP contribution in [0.5, 0.6) is 0 Å². The molecule has 0 aliphatic rings. The van der Waals surface area contributed by atoms with Crippen molar-refractivity contribution in [2.45, 2.75) is 0 Å². The van der Waals surface area contributed by atoms with Gasteiger partial charge in [-0.05, 0) is 44.6 Å². The average molecular weight is 395 g/mol. The highest BCUT2D eigenvalue weighted by Crippen LogP contribution is 2.26. The van der Waals surface area contributed by atoms with E-state index in [4.69, 9.17) is 0 Å². The van der Waals surface area contributed by atoms with Crippen LogP contribution in [-0.4, -0.2) is 20.3 Å². The maximum atomic E-state index is 4.04. The first-order chi connectivity index (χ1) is 9.74. The maximum Gasteiger partial charge on any atom is 0.204 e. The Balaban J connectivity index is 1.95. The number of aromatic nitrogens is 4. The predicted molar refractivity (Wildman–Crippen MR) is 84.1 cm³/mol. The van der Waals surface area contributed by atoms with Crippen LogP contribution in [0.1, 0.15) is 0 Å². The Morgan fingerprint density at radius 1 is 1.00 bits per heavy atom. The van der Waals surface area contributed by atoms with Gasteiger partial charge in [0.15, 0.2) is 0 Å². The Hall–Kier alpha value is -1.73. The van der Waals surface area contributed by atoms with Crippen molar-refractivity contribution in [3.63, 3.8) is 0 Å². The minimum Gasteiger partial charge on any atom is -0.274 e. The number of rotatable bonds is 3. The van der Waals surface area contributed by atoms with E-state index in [1.807, 2.05) is 48.5 Å². The third-order valence-electron chi connectivity index (χ3n) is 2.66. The van der Waals surface area contributed by atoms with E-state index in [0.29, 0.717) is 5.82 Å². The SMILES string of the molecule is Brc1ccc(Nn2nnnc2-c2ccccc2)c(Br)c1. The van der Waals surface area contributed by atoms with Crippen molar-refractivity contribution >= 4 is 37.5 Å². The maximum absolute atomic E-state index is 4.04. The molecule has 0 unspecified atom stereocenters. The Morgan fingerprint density at radius 2 is 1.80 bits per heavy atom. The van der Waals surface area contributed by atoms with E-state index in [0.717, 1.165) is 20.2 Å². The van der Waals surface area contributed by atoms with Gasteiger partial charge in [-0.15, -0.1) is 9.89 Å². The molecule has 7 heteroatoms. The molecule has 0 fully saturated rings. The first kappa shape index (κ1) is 13.3. The third-order valence-corrected chi connectivity index (χ3v) is 3.81. The van der Waals surface area contributed by atoms with Gasteiger partial charge in [0.1, 0.15) is 0 Å². The van der Waals surface area contributed by atoms with Crippen molar-refractivity contribution in [2.75, 3.05) is 5.43 Å². The largest absolute Gasteiger partial charge is 0.274 e. The van der Waals surface area contributed by atoms with Crippen molar-refractivity contribution in [3.05, 3.63) is 57.5 Å². The molecule has 0 atom stereocenters. The fraction of sp³-hybridized carbons (Fsp3) is 0. The quantitative estimate of drug-likeness (QED) is 0.735. The van der Waals surface area contributed by atoms with Crippen LogP contribution in [0.15, 0.2) is 57.5 Å². The molecule has 0 aliphatic carbocycles. The number of halogens is 2. The molecular weight excluding hydrogens is 386 g/mol. The topological polar surface area (TPSA) is 55.6 Å². The van der Waals surface area contributed by atoms with Crippen LogP contribution in [0, 0.1) is 0 Å². The summed E-state index contributed by atoms with van der Waals surface area (Å²) in [6.07, 6.45) is 0. The predicted octanol–water partition coefficient (Wildman–Crippen LogP) is 3.74. The summed E-state index contributed by atoms with van der Waals surface area (Å²) in [6, 6.07) is 15.6. The fourth-order valence-corrected chi connectivity index (χ4v) is 2.86. The molecule has 3 aromatic rings. The zero-order valence-corrected chi connectivity index (χ0v) is 13.3. The lowest BCUT2D eigenvalue weighted by Crippen LogP contribution is -2.13. The first-order valence-corrected chi connectivity index (χ1v) is 7.38. The highest BCUT2D eigenvalue weighted by atomic mass is 79.9. The number of anilines is 1. The lowest BCUT2D eigenvalue weighted by Gasteiger charge is -2.09. The van der Waals surface area contributed by atoms with Crippen LogP contribution in [0.25, 0.3) is 11.4 Å². The van der Waals surface area contributed by atoms with Crippen LogP contribution in [-0.2, 0) is 0 Å². The molecule has 0 saturated carbocycles. The van der Waals surface area contributed by atoms with Crippen LogP contribution in [0.2, 0.25) is 0 Å². The molecule has 100 valence electrons. The average Bonchev–Trinajstić information content (AvgIpc) is 2.91. The van der Waals surface area contributed by atoms with Gasteiger partial charge in [0, 0.05) is 14.5 Å². The summed E-state index contributed by atoms with van der Waals surface area (Å²) in [4.78, 5) is 1.54. The summed E-state index contributed by atoms with van der Waals surface area (Å²) >= 11 is 6.92. The van der Waals surface area contributed by atoms with Crippen molar-refractivity contribution < 1.29 is 0 Å². The number of tetrazole rings is 1. The zero-order chi connectivity index (χ0) is 13.9. The van der Waals surface area contributed by atoms with Gasteiger partial charge >= 0.3 is 0 Å². The molecular formula is C13H9Br2N5. The Labute approximate surface area is 132 Å². The number of benzene rings is 2. The summed E-state index contributed by atoms with van der Waals surface area (Å²) in [7, 11) is 0. The molecule has 0 spiro atoms. The Morgan fingerprint density at radius 3 is 2.55 bits per heavy atom.